The molecular weight excluding hydrogens is 266 g/mol. The van der Waals surface area contributed by atoms with Gasteiger partial charge in [0, 0.05) is 25.7 Å². The summed E-state index contributed by atoms with van der Waals surface area (Å²) in [7, 11) is 0. The second-order valence-corrected chi connectivity index (χ2v) is 6.21. The second kappa shape index (κ2) is 7.05. The van der Waals surface area contributed by atoms with Crippen LogP contribution in [-0.4, -0.2) is 30.3 Å². The first-order valence-electron chi connectivity index (χ1n) is 7.69. The van der Waals surface area contributed by atoms with Crippen LogP contribution < -0.4 is 5.32 Å². The number of nitrogens with one attached hydrogen (secondary N) is 1. The van der Waals surface area contributed by atoms with Gasteiger partial charge in [0.2, 0.25) is 0 Å². The molecule has 0 aromatic heterocycles. The van der Waals surface area contributed by atoms with Crippen LogP contribution in [0.3, 0.4) is 0 Å². The molecule has 2 rings (SSSR count). The summed E-state index contributed by atoms with van der Waals surface area (Å²) in [6, 6.07) is 9.75. The molecule has 4 heteroatoms. The molecule has 1 atom stereocenters. The first-order valence-corrected chi connectivity index (χ1v) is 7.69. The highest BCUT2D eigenvalue weighted by Gasteiger charge is 2.43. The van der Waals surface area contributed by atoms with Crippen molar-refractivity contribution in [2.24, 2.45) is 5.92 Å². The Labute approximate surface area is 126 Å². The molecule has 2 N–H and O–H groups in total. The average Bonchev–Trinajstić information content (AvgIpc) is 3.26. The van der Waals surface area contributed by atoms with E-state index in [2.05, 4.69) is 19.2 Å². The fourth-order valence-electron chi connectivity index (χ4n) is 2.44. The Morgan fingerprint density at radius 3 is 2.57 bits per heavy atom. The normalized spacial score (nSPS) is 17.7. The molecule has 1 aliphatic rings. The van der Waals surface area contributed by atoms with Crippen LogP contribution in [-0.2, 0) is 15.1 Å². The molecule has 1 saturated carbocycles. The third-order valence-electron chi connectivity index (χ3n) is 3.73. The number of hydrogen-bond donors (Lipinski definition) is 2. The summed E-state index contributed by atoms with van der Waals surface area (Å²) in [6.07, 6.45) is 2.54. The SMILES string of the molecule is CC(C)COCCC(NC1CC1)(C(=O)O)c1ccccc1. The molecule has 1 unspecified atom stereocenters. The minimum atomic E-state index is -1.04. The molecule has 0 radical (unpaired) electrons. The summed E-state index contributed by atoms with van der Waals surface area (Å²) >= 11 is 0. The Kier molecular flexibility index (Phi) is 5.37. The van der Waals surface area contributed by atoms with Gasteiger partial charge in [0.05, 0.1) is 0 Å². The number of ether oxygens (including phenoxy) is 1. The van der Waals surface area contributed by atoms with E-state index in [1.54, 1.807) is 0 Å². The van der Waals surface area contributed by atoms with E-state index >= 15 is 0 Å². The number of benzene rings is 1. The number of hydrogen-bond acceptors (Lipinski definition) is 3. The lowest BCUT2D eigenvalue weighted by Gasteiger charge is -2.31. The molecule has 0 saturated heterocycles. The fraction of sp³-hybridized carbons (Fsp3) is 0.588. The molecule has 4 nitrogen and oxygen atoms in total. The topological polar surface area (TPSA) is 58.6 Å². The summed E-state index contributed by atoms with van der Waals surface area (Å²) in [5, 5.41) is 13.2. The molecule has 21 heavy (non-hydrogen) atoms. The quantitative estimate of drug-likeness (QED) is 0.687. The molecule has 1 aromatic carbocycles. The molecule has 116 valence electrons. The minimum absolute atomic E-state index is 0.311. The highest BCUT2D eigenvalue weighted by Crippen LogP contribution is 2.31. The lowest BCUT2D eigenvalue weighted by Crippen LogP contribution is -2.51. The lowest BCUT2D eigenvalue weighted by atomic mass is 9.86. The maximum atomic E-state index is 12.0. The smallest absolute Gasteiger partial charge is 0.328 e. The molecule has 1 aliphatic carbocycles. The van der Waals surface area contributed by atoms with Crippen LogP contribution in [0.25, 0.3) is 0 Å². The summed E-state index contributed by atoms with van der Waals surface area (Å²) in [6.45, 7) is 5.28. The first kappa shape index (κ1) is 16.0. The predicted molar refractivity (Wildman–Crippen MR) is 82.2 cm³/mol. The number of carboxylic acids is 1. The van der Waals surface area contributed by atoms with Gasteiger partial charge in [-0.2, -0.15) is 0 Å². The van der Waals surface area contributed by atoms with Crippen molar-refractivity contribution in [1.82, 2.24) is 5.32 Å². The third kappa shape index (κ3) is 4.29. The molecule has 0 aliphatic heterocycles. The maximum Gasteiger partial charge on any atom is 0.328 e. The van der Waals surface area contributed by atoms with E-state index in [9.17, 15) is 9.90 Å². The van der Waals surface area contributed by atoms with Crippen LogP contribution in [0.4, 0.5) is 0 Å². The Morgan fingerprint density at radius 1 is 1.38 bits per heavy atom. The molecule has 1 aromatic rings. The zero-order valence-corrected chi connectivity index (χ0v) is 12.8. The van der Waals surface area contributed by atoms with Crippen LogP contribution in [0.2, 0.25) is 0 Å². The number of rotatable bonds is 9. The Balaban J connectivity index is 2.13. The van der Waals surface area contributed by atoms with Gasteiger partial charge in [-0.25, -0.2) is 4.79 Å². The minimum Gasteiger partial charge on any atom is -0.480 e. The van der Waals surface area contributed by atoms with E-state index in [-0.39, 0.29) is 0 Å². The van der Waals surface area contributed by atoms with Crippen LogP contribution >= 0.6 is 0 Å². The van der Waals surface area contributed by atoms with Crippen molar-refractivity contribution in [2.45, 2.75) is 44.7 Å². The van der Waals surface area contributed by atoms with E-state index in [0.29, 0.717) is 31.6 Å². The summed E-state index contributed by atoms with van der Waals surface area (Å²) in [4.78, 5) is 12.0. The van der Waals surface area contributed by atoms with Crippen LogP contribution in [0.1, 0.15) is 38.7 Å². The van der Waals surface area contributed by atoms with Gasteiger partial charge in [-0.3, -0.25) is 5.32 Å². The second-order valence-electron chi connectivity index (χ2n) is 6.21. The highest BCUT2D eigenvalue weighted by molar-refractivity contribution is 5.81. The standard InChI is InChI=1S/C17H25NO3/c1-13(2)12-21-11-10-17(16(19)20,18-15-8-9-15)14-6-4-3-5-7-14/h3-7,13,15,18H,8-12H2,1-2H3,(H,19,20). The monoisotopic (exact) mass is 291 g/mol. The summed E-state index contributed by atoms with van der Waals surface area (Å²) < 4.78 is 5.62. The molecule has 0 spiro atoms. The number of carbonyl (C=O) groups is 1. The van der Waals surface area contributed by atoms with Gasteiger partial charge in [-0.05, 0) is 24.3 Å². The van der Waals surface area contributed by atoms with Crippen LogP contribution in [0.15, 0.2) is 30.3 Å². The van der Waals surface area contributed by atoms with Gasteiger partial charge in [0.15, 0.2) is 0 Å². The van der Waals surface area contributed by atoms with Crippen molar-refractivity contribution in [2.75, 3.05) is 13.2 Å². The van der Waals surface area contributed by atoms with Crippen molar-refractivity contribution in [3.05, 3.63) is 35.9 Å². The van der Waals surface area contributed by atoms with Crippen molar-refractivity contribution >= 4 is 5.97 Å². The largest absolute Gasteiger partial charge is 0.480 e. The Hall–Kier alpha value is -1.39. The van der Waals surface area contributed by atoms with Crippen molar-refractivity contribution in [3.63, 3.8) is 0 Å². The Morgan fingerprint density at radius 2 is 2.05 bits per heavy atom. The summed E-state index contributed by atoms with van der Waals surface area (Å²) in [5.74, 6) is -0.369. The predicted octanol–water partition coefficient (Wildman–Crippen LogP) is 2.78. The van der Waals surface area contributed by atoms with Crippen molar-refractivity contribution in [3.8, 4) is 0 Å². The molecule has 0 heterocycles. The van der Waals surface area contributed by atoms with Gasteiger partial charge in [0.25, 0.3) is 0 Å². The van der Waals surface area contributed by atoms with E-state index < -0.39 is 11.5 Å². The van der Waals surface area contributed by atoms with Gasteiger partial charge in [0.1, 0.15) is 5.54 Å². The van der Waals surface area contributed by atoms with Crippen molar-refractivity contribution < 1.29 is 14.6 Å². The van der Waals surface area contributed by atoms with E-state index in [1.807, 2.05) is 30.3 Å². The first-order chi connectivity index (χ1) is 10.0. The molecular formula is C17H25NO3. The summed E-state index contributed by atoms with van der Waals surface area (Å²) in [5.41, 5.74) is -0.239. The average molecular weight is 291 g/mol. The number of carboxylic acid groups (broad SMARTS) is 1. The fourth-order valence-corrected chi connectivity index (χ4v) is 2.44. The van der Waals surface area contributed by atoms with E-state index in [0.717, 1.165) is 18.4 Å². The van der Waals surface area contributed by atoms with E-state index in [1.165, 1.54) is 0 Å². The van der Waals surface area contributed by atoms with Gasteiger partial charge >= 0.3 is 5.97 Å². The van der Waals surface area contributed by atoms with E-state index in [4.69, 9.17) is 4.74 Å². The molecule has 0 bridgehead atoms. The van der Waals surface area contributed by atoms with Gasteiger partial charge in [-0.15, -0.1) is 0 Å². The third-order valence-corrected chi connectivity index (χ3v) is 3.73. The lowest BCUT2D eigenvalue weighted by molar-refractivity contribution is -0.146. The highest BCUT2D eigenvalue weighted by atomic mass is 16.5. The van der Waals surface area contributed by atoms with Gasteiger partial charge in [-0.1, -0.05) is 44.2 Å². The van der Waals surface area contributed by atoms with Crippen molar-refractivity contribution in [1.29, 1.82) is 0 Å². The maximum absolute atomic E-state index is 12.0. The molecule has 1 fully saturated rings. The van der Waals surface area contributed by atoms with Crippen LogP contribution in [0.5, 0.6) is 0 Å². The Bertz CT molecular complexity index is 456. The van der Waals surface area contributed by atoms with Crippen LogP contribution in [0, 0.1) is 5.92 Å². The molecule has 0 amide bonds. The zero-order chi connectivity index (χ0) is 15.3. The van der Waals surface area contributed by atoms with Gasteiger partial charge < -0.3 is 9.84 Å². The zero-order valence-electron chi connectivity index (χ0n) is 12.8. The number of aliphatic carboxylic acids is 1.